The predicted molar refractivity (Wildman–Crippen MR) is 308 cm³/mol. The number of carboxylic acids is 2. The van der Waals surface area contributed by atoms with Crippen LogP contribution in [0.2, 0.25) is 0 Å². The Hall–Kier alpha value is -9.12. The number of carboxylic acid groups (broad SMARTS) is 2. The van der Waals surface area contributed by atoms with Gasteiger partial charge in [0.15, 0.2) is 0 Å². The lowest BCUT2D eigenvalue weighted by Gasteiger charge is -2.27. The maximum absolute atomic E-state index is 14.4. The van der Waals surface area contributed by atoms with Gasteiger partial charge in [-0.2, -0.15) is 11.8 Å². The lowest BCUT2D eigenvalue weighted by molar-refractivity contribution is -0.143. The van der Waals surface area contributed by atoms with E-state index in [1.807, 2.05) is 6.26 Å². The number of amides is 9. The number of phenols is 2. The summed E-state index contributed by atoms with van der Waals surface area (Å²) in [6, 6.07) is 14.6. The molecule has 0 radical (unpaired) electrons. The van der Waals surface area contributed by atoms with E-state index in [9.17, 15) is 83.4 Å². The highest BCUT2D eigenvalue weighted by atomic mass is 32.2. The summed E-state index contributed by atoms with van der Waals surface area (Å²) in [4.78, 5) is 147. The minimum atomic E-state index is -1.91. The fourth-order valence-electron chi connectivity index (χ4n) is 8.21. The van der Waals surface area contributed by atoms with Crippen LogP contribution in [0.1, 0.15) is 48.9 Å². The van der Waals surface area contributed by atoms with Crippen molar-refractivity contribution in [1.29, 1.82) is 0 Å². The Kier molecular flexibility index (Phi) is 27.7. The van der Waals surface area contributed by atoms with E-state index in [2.05, 4.69) is 47.9 Å². The summed E-state index contributed by atoms with van der Waals surface area (Å²) in [6.45, 7) is 0.823. The third-order valence-corrected chi connectivity index (χ3v) is 13.5. The summed E-state index contributed by atoms with van der Waals surface area (Å²) in [5.74, 6) is -11.8. The van der Waals surface area contributed by atoms with E-state index < -0.39 is 145 Å². The summed E-state index contributed by atoms with van der Waals surface area (Å²) < 4.78 is 0. The van der Waals surface area contributed by atoms with Crippen LogP contribution in [0.4, 0.5) is 0 Å². The Balaban J connectivity index is 1.51. The number of benzene rings is 4. The Morgan fingerprint density at radius 1 is 0.447 bits per heavy atom. The molecule has 0 saturated heterocycles. The number of nitrogens with one attached hydrogen (secondary N) is 9. The maximum Gasteiger partial charge on any atom is 0.326 e. The Morgan fingerprint density at radius 3 is 1.26 bits per heavy atom. The van der Waals surface area contributed by atoms with Gasteiger partial charge in [0.1, 0.15) is 53.8 Å². The van der Waals surface area contributed by atoms with E-state index in [4.69, 9.17) is 5.73 Å². The van der Waals surface area contributed by atoms with Gasteiger partial charge in [0, 0.05) is 25.7 Å². The number of nitrogens with two attached hydrogens (primary N) is 1. The van der Waals surface area contributed by atoms with Crippen LogP contribution in [-0.2, 0) is 78.4 Å². The number of aliphatic hydroxyl groups is 2. The van der Waals surface area contributed by atoms with Gasteiger partial charge < -0.3 is 84.2 Å². The molecule has 0 aliphatic heterocycles. The van der Waals surface area contributed by atoms with E-state index in [1.54, 1.807) is 60.7 Å². The number of hydrogen-bond acceptors (Lipinski definition) is 17. The van der Waals surface area contributed by atoms with Crippen LogP contribution in [0.3, 0.4) is 0 Å². The van der Waals surface area contributed by atoms with Crippen LogP contribution in [0.25, 0.3) is 0 Å². The number of phenolic OH excluding ortho intramolecular Hbond substituents is 2. The summed E-state index contributed by atoms with van der Waals surface area (Å²) >= 11 is 1.48. The van der Waals surface area contributed by atoms with Crippen molar-refractivity contribution in [3.8, 4) is 11.5 Å². The second-order valence-electron chi connectivity index (χ2n) is 19.8. The normalized spacial score (nSPS) is 14.5. The summed E-state index contributed by atoms with van der Waals surface area (Å²) in [7, 11) is 0. The number of thioether (sulfide) groups is 1. The van der Waals surface area contributed by atoms with Gasteiger partial charge in [-0.25, -0.2) is 4.79 Å². The first-order chi connectivity index (χ1) is 40.3. The topological polar surface area (TPSA) is 443 Å². The molecular formula is C57H72N10O17S. The first kappa shape index (κ1) is 68.4. The van der Waals surface area contributed by atoms with Gasteiger partial charge in [-0.05, 0) is 78.8 Å². The zero-order valence-electron chi connectivity index (χ0n) is 46.7. The number of aliphatic carboxylic acids is 2. The lowest BCUT2D eigenvalue weighted by Crippen LogP contribution is -2.61. The van der Waals surface area contributed by atoms with E-state index in [0.717, 1.165) is 13.8 Å². The Bertz CT molecular complexity index is 2920. The summed E-state index contributed by atoms with van der Waals surface area (Å²) in [5, 5.41) is 82.1. The third-order valence-electron chi connectivity index (χ3n) is 12.8. The molecule has 0 bridgehead atoms. The third kappa shape index (κ3) is 23.9. The second kappa shape index (κ2) is 34.5. The highest BCUT2D eigenvalue weighted by Crippen LogP contribution is 2.15. The maximum atomic E-state index is 14.4. The molecule has 4 aromatic carbocycles. The van der Waals surface area contributed by atoms with Gasteiger partial charge in [0.2, 0.25) is 53.2 Å². The molecule has 85 heavy (non-hydrogen) atoms. The van der Waals surface area contributed by atoms with Crippen molar-refractivity contribution >= 4 is 76.9 Å². The number of aliphatic hydroxyl groups excluding tert-OH is 2. The van der Waals surface area contributed by atoms with Crippen LogP contribution in [0.15, 0.2) is 109 Å². The number of aromatic hydroxyl groups is 2. The summed E-state index contributed by atoms with van der Waals surface area (Å²) in [6.07, 6.45) is -3.20. The fourth-order valence-corrected chi connectivity index (χ4v) is 8.70. The van der Waals surface area contributed by atoms with Crippen molar-refractivity contribution in [2.75, 3.05) is 25.1 Å². The van der Waals surface area contributed by atoms with Gasteiger partial charge in [-0.3, -0.25) is 47.9 Å². The predicted octanol–water partition coefficient (Wildman–Crippen LogP) is -2.60. The molecule has 4 rings (SSSR count). The van der Waals surface area contributed by atoms with Crippen molar-refractivity contribution < 1.29 is 83.4 Å². The fraction of sp³-hybridized carbons (Fsp3) is 0.386. The zero-order chi connectivity index (χ0) is 62.8. The largest absolute Gasteiger partial charge is 0.508 e. The molecule has 0 aliphatic rings. The Morgan fingerprint density at radius 2 is 0.812 bits per heavy atom. The summed E-state index contributed by atoms with van der Waals surface area (Å²) in [5.41, 5.74) is 7.64. The molecule has 10 atom stereocenters. The van der Waals surface area contributed by atoms with Crippen LogP contribution in [0, 0.1) is 0 Å². The van der Waals surface area contributed by atoms with Gasteiger partial charge >= 0.3 is 11.9 Å². The first-order valence-corrected chi connectivity index (χ1v) is 28.1. The standard InChI is InChI=1S/C57H72N10O17S/c1-31(68)48(67-54(80)40(24-33-10-6-4-7-11-33)61-45(72)29-59-50(76)39(58)22-23-85-3)55(81)60-30-46(73)66-49(32(2)69)56(82)64-42(26-35-14-18-37(70)19-15-35)52(78)62-41(25-34-12-8-5-9-13-34)51(77)63-43(28-47(74)75)53(79)65-44(57(83)84)27-36-16-20-38(71)21-17-36/h4-21,31-32,39-44,48-49,68-71H,22-30,58H2,1-3H3,(H,59,76)(H,60,81)(H,61,72)(H,62,78)(H,63,77)(H,64,82)(H,65,79)(H,66,73)(H,67,80)(H,74,75)(H,83,84)/t31-,32-,39+,40+,41+,42+,43+,44+,48+,49+/m1/s1. The quantitative estimate of drug-likeness (QED) is 0.0228. The van der Waals surface area contributed by atoms with Gasteiger partial charge in [0.05, 0.1) is 37.8 Å². The van der Waals surface area contributed by atoms with Crippen LogP contribution in [-0.4, -0.2) is 181 Å². The lowest BCUT2D eigenvalue weighted by atomic mass is 10.0. The SMILES string of the molecule is CSCC[C@H](N)C(=O)NCC(=O)N[C@@H](Cc1ccccc1)C(=O)N[C@H](C(=O)NCC(=O)N[C@H](C(=O)N[C@@H](Cc1ccc(O)cc1)C(=O)N[C@@H](Cc1ccccc1)C(=O)N[C@@H](CC(=O)O)C(=O)N[C@@H](Cc1ccc(O)cc1)C(=O)O)[C@@H](C)O)[C@@H](C)O. The minimum Gasteiger partial charge on any atom is -0.508 e. The van der Waals surface area contributed by atoms with Crippen molar-refractivity contribution in [2.24, 2.45) is 5.73 Å². The van der Waals surface area contributed by atoms with Crippen molar-refractivity contribution in [1.82, 2.24) is 47.9 Å². The molecular weight excluding hydrogens is 1130 g/mol. The van der Waals surface area contributed by atoms with E-state index >= 15 is 0 Å². The van der Waals surface area contributed by atoms with Gasteiger partial charge in [-0.1, -0.05) is 84.9 Å². The van der Waals surface area contributed by atoms with Crippen LogP contribution in [0.5, 0.6) is 11.5 Å². The highest BCUT2D eigenvalue weighted by Gasteiger charge is 2.36. The van der Waals surface area contributed by atoms with Crippen molar-refractivity contribution in [3.63, 3.8) is 0 Å². The molecule has 458 valence electrons. The van der Waals surface area contributed by atoms with Crippen molar-refractivity contribution in [3.05, 3.63) is 131 Å². The van der Waals surface area contributed by atoms with E-state index in [0.29, 0.717) is 34.4 Å². The molecule has 0 fully saturated rings. The molecule has 4 aromatic rings. The van der Waals surface area contributed by atoms with Crippen LogP contribution >= 0.6 is 11.8 Å². The van der Waals surface area contributed by atoms with E-state index in [-0.39, 0.29) is 37.2 Å². The van der Waals surface area contributed by atoms with E-state index in [1.165, 1.54) is 60.3 Å². The minimum absolute atomic E-state index is 0.0990. The molecule has 17 N–H and O–H groups in total. The highest BCUT2D eigenvalue weighted by molar-refractivity contribution is 7.98. The zero-order valence-corrected chi connectivity index (χ0v) is 47.5. The number of carbonyl (C=O) groups excluding carboxylic acids is 9. The monoisotopic (exact) mass is 1200 g/mol. The average Bonchev–Trinajstić information content (AvgIpc) is 3.67. The second-order valence-corrected chi connectivity index (χ2v) is 20.7. The van der Waals surface area contributed by atoms with Crippen molar-refractivity contribution in [2.45, 2.75) is 113 Å². The van der Waals surface area contributed by atoms with Crippen LogP contribution < -0.4 is 53.6 Å². The molecule has 0 spiro atoms. The molecule has 0 heterocycles. The molecule has 0 aromatic heterocycles. The smallest absolute Gasteiger partial charge is 0.326 e. The van der Waals surface area contributed by atoms with Gasteiger partial charge in [-0.15, -0.1) is 0 Å². The molecule has 9 amide bonds. The average molecular weight is 1200 g/mol. The molecule has 27 nitrogen and oxygen atoms in total. The number of rotatable bonds is 34. The molecule has 0 unspecified atom stereocenters. The van der Waals surface area contributed by atoms with Gasteiger partial charge in [0.25, 0.3) is 0 Å². The molecule has 0 aliphatic carbocycles. The number of carbonyl (C=O) groups is 11. The first-order valence-electron chi connectivity index (χ1n) is 26.7. The molecule has 0 saturated carbocycles. The molecule has 28 heteroatoms. The Labute approximate surface area is 493 Å². The number of hydrogen-bond donors (Lipinski definition) is 16.